The Bertz CT molecular complexity index is 390. The average Bonchev–Trinajstić information content (AvgIpc) is 2.51. The summed E-state index contributed by atoms with van der Waals surface area (Å²) >= 11 is 0. The number of urea groups is 1. The fourth-order valence-corrected chi connectivity index (χ4v) is 1.97. The van der Waals surface area contributed by atoms with Gasteiger partial charge >= 0.3 is 12.0 Å². The number of amides is 3. The molecule has 0 aromatic heterocycles. The Morgan fingerprint density at radius 1 is 1.45 bits per heavy atom. The van der Waals surface area contributed by atoms with Gasteiger partial charge in [-0.3, -0.25) is 9.59 Å². The average molecular weight is 285 g/mol. The number of nitrogens with one attached hydrogen (secondary N) is 2. The van der Waals surface area contributed by atoms with Crippen LogP contribution in [-0.4, -0.2) is 53.6 Å². The largest absolute Gasteiger partial charge is 0.481 e. The van der Waals surface area contributed by atoms with Crippen LogP contribution in [0.1, 0.15) is 33.6 Å². The van der Waals surface area contributed by atoms with E-state index in [2.05, 4.69) is 10.6 Å². The van der Waals surface area contributed by atoms with E-state index in [4.69, 9.17) is 5.11 Å². The van der Waals surface area contributed by atoms with Gasteiger partial charge in [-0.2, -0.15) is 0 Å². The molecule has 1 rings (SSSR count). The number of carbonyl (C=O) groups excluding carboxylic acids is 2. The summed E-state index contributed by atoms with van der Waals surface area (Å²) in [4.78, 5) is 35.9. The maximum absolute atomic E-state index is 12.2. The lowest BCUT2D eigenvalue weighted by Crippen LogP contribution is -2.51. The predicted octanol–water partition coefficient (Wildman–Crippen LogP) is 0.407. The zero-order chi connectivity index (χ0) is 15.3. The first-order valence-corrected chi connectivity index (χ1v) is 6.74. The SMILES string of the molecule is CC(C)(C)C(CC(=O)O)NC(=O)N1CCCNC(=O)C1. The standard InChI is InChI=1S/C13H23N3O4/c1-13(2,3)9(7-11(18)19)15-12(20)16-6-4-5-14-10(17)8-16/h9H,4-8H2,1-3H3,(H,14,17)(H,15,20)(H,18,19). The molecule has 7 heteroatoms. The highest BCUT2D eigenvalue weighted by molar-refractivity contribution is 5.84. The third-order valence-corrected chi connectivity index (χ3v) is 3.27. The minimum atomic E-state index is -0.959. The number of hydrogen-bond acceptors (Lipinski definition) is 3. The monoisotopic (exact) mass is 285 g/mol. The van der Waals surface area contributed by atoms with Gasteiger partial charge in [0, 0.05) is 19.1 Å². The highest BCUT2D eigenvalue weighted by Crippen LogP contribution is 2.22. The quantitative estimate of drug-likeness (QED) is 0.699. The molecule has 1 aliphatic heterocycles. The first kappa shape index (κ1) is 16.3. The minimum Gasteiger partial charge on any atom is -0.481 e. The van der Waals surface area contributed by atoms with Crippen molar-refractivity contribution in [2.75, 3.05) is 19.6 Å². The van der Waals surface area contributed by atoms with E-state index in [1.807, 2.05) is 20.8 Å². The molecule has 3 N–H and O–H groups in total. The molecule has 1 heterocycles. The maximum atomic E-state index is 12.2. The van der Waals surface area contributed by atoms with Gasteiger partial charge in [0.1, 0.15) is 6.54 Å². The van der Waals surface area contributed by atoms with Crippen LogP contribution in [0.4, 0.5) is 4.79 Å². The summed E-state index contributed by atoms with van der Waals surface area (Å²) in [5, 5.41) is 14.4. The normalized spacial score (nSPS) is 17.9. The molecule has 1 aliphatic rings. The molecule has 3 amide bonds. The van der Waals surface area contributed by atoms with Crippen LogP contribution in [0.5, 0.6) is 0 Å². The van der Waals surface area contributed by atoms with E-state index in [1.165, 1.54) is 4.90 Å². The topological polar surface area (TPSA) is 98.7 Å². The van der Waals surface area contributed by atoms with Crippen LogP contribution in [0.25, 0.3) is 0 Å². The van der Waals surface area contributed by atoms with Crippen LogP contribution >= 0.6 is 0 Å². The van der Waals surface area contributed by atoms with Gasteiger partial charge in [0.25, 0.3) is 0 Å². The zero-order valence-electron chi connectivity index (χ0n) is 12.2. The van der Waals surface area contributed by atoms with E-state index >= 15 is 0 Å². The molecule has 0 aliphatic carbocycles. The predicted molar refractivity (Wildman–Crippen MR) is 73.2 cm³/mol. The fourth-order valence-electron chi connectivity index (χ4n) is 1.97. The number of carboxylic acids is 1. The third kappa shape index (κ3) is 5.07. The Morgan fingerprint density at radius 3 is 2.65 bits per heavy atom. The summed E-state index contributed by atoms with van der Waals surface area (Å²) in [6.45, 7) is 6.66. The van der Waals surface area contributed by atoms with Crippen molar-refractivity contribution in [3.63, 3.8) is 0 Å². The van der Waals surface area contributed by atoms with E-state index in [0.717, 1.165) is 0 Å². The molecule has 0 radical (unpaired) electrons. The second-order valence-electron chi connectivity index (χ2n) is 6.09. The van der Waals surface area contributed by atoms with E-state index in [1.54, 1.807) is 0 Å². The highest BCUT2D eigenvalue weighted by Gasteiger charge is 2.30. The van der Waals surface area contributed by atoms with Crippen LogP contribution < -0.4 is 10.6 Å². The molecule has 1 unspecified atom stereocenters. The van der Waals surface area contributed by atoms with Crippen molar-refractivity contribution >= 4 is 17.9 Å². The molecule has 0 aromatic carbocycles. The van der Waals surface area contributed by atoms with Gasteiger partial charge in [0.15, 0.2) is 0 Å². The Kier molecular flexibility index (Phi) is 5.35. The van der Waals surface area contributed by atoms with Crippen LogP contribution in [-0.2, 0) is 9.59 Å². The van der Waals surface area contributed by atoms with Gasteiger partial charge in [0.05, 0.1) is 6.42 Å². The lowest BCUT2D eigenvalue weighted by Gasteiger charge is -2.32. The number of aliphatic carboxylic acids is 1. The zero-order valence-corrected chi connectivity index (χ0v) is 12.2. The molecular weight excluding hydrogens is 262 g/mol. The summed E-state index contributed by atoms with van der Waals surface area (Å²) < 4.78 is 0. The van der Waals surface area contributed by atoms with Gasteiger partial charge in [-0.05, 0) is 11.8 Å². The number of rotatable bonds is 3. The molecule has 1 atom stereocenters. The molecule has 0 spiro atoms. The van der Waals surface area contributed by atoms with Crippen molar-refractivity contribution in [1.29, 1.82) is 0 Å². The second-order valence-corrected chi connectivity index (χ2v) is 6.09. The van der Waals surface area contributed by atoms with Gasteiger partial charge in [-0.1, -0.05) is 20.8 Å². The highest BCUT2D eigenvalue weighted by atomic mass is 16.4. The van der Waals surface area contributed by atoms with Crippen molar-refractivity contribution in [1.82, 2.24) is 15.5 Å². The number of hydrogen-bond donors (Lipinski definition) is 3. The van der Waals surface area contributed by atoms with Crippen molar-refractivity contribution in [3.05, 3.63) is 0 Å². The van der Waals surface area contributed by atoms with Gasteiger partial charge in [-0.15, -0.1) is 0 Å². The Labute approximate surface area is 118 Å². The summed E-state index contributed by atoms with van der Waals surface area (Å²) in [6, 6.07) is -0.873. The molecule has 0 bridgehead atoms. The number of carbonyl (C=O) groups is 3. The fraction of sp³-hybridized carbons (Fsp3) is 0.769. The van der Waals surface area contributed by atoms with Crippen LogP contribution in [0.15, 0.2) is 0 Å². The molecule has 7 nitrogen and oxygen atoms in total. The minimum absolute atomic E-state index is 0.00969. The first-order chi connectivity index (χ1) is 9.20. The first-order valence-electron chi connectivity index (χ1n) is 6.74. The lowest BCUT2D eigenvalue weighted by molar-refractivity contribution is -0.138. The summed E-state index contributed by atoms with van der Waals surface area (Å²) in [6.07, 6.45) is 0.549. The van der Waals surface area contributed by atoms with Crippen LogP contribution in [0.2, 0.25) is 0 Å². The smallest absolute Gasteiger partial charge is 0.318 e. The molecular formula is C13H23N3O4. The number of nitrogens with zero attached hydrogens (tertiary/aromatic N) is 1. The van der Waals surface area contributed by atoms with E-state index in [9.17, 15) is 14.4 Å². The van der Waals surface area contributed by atoms with Crippen molar-refractivity contribution in [3.8, 4) is 0 Å². The van der Waals surface area contributed by atoms with Gasteiger partial charge < -0.3 is 20.6 Å². The second kappa shape index (κ2) is 6.58. The van der Waals surface area contributed by atoms with Crippen molar-refractivity contribution in [2.45, 2.75) is 39.7 Å². The van der Waals surface area contributed by atoms with Gasteiger partial charge in [0.2, 0.25) is 5.91 Å². The molecule has 0 saturated carbocycles. The number of carboxylic acid groups (broad SMARTS) is 1. The van der Waals surface area contributed by atoms with Crippen LogP contribution in [0, 0.1) is 5.41 Å². The Balaban J connectivity index is 2.69. The Morgan fingerprint density at radius 2 is 2.10 bits per heavy atom. The summed E-state index contributed by atoms with van der Waals surface area (Å²) in [7, 11) is 0. The molecule has 20 heavy (non-hydrogen) atoms. The van der Waals surface area contributed by atoms with E-state index in [-0.39, 0.29) is 30.3 Å². The molecule has 0 aromatic rings. The Hall–Kier alpha value is -1.79. The molecule has 114 valence electrons. The lowest BCUT2D eigenvalue weighted by atomic mass is 9.85. The summed E-state index contributed by atoms with van der Waals surface area (Å²) in [5.74, 6) is -1.15. The van der Waals surface area contributed by atoms with Crippen molar-refractivity contribution < 1.29 is 19.5 Å². The molecule has 1 saturated heterocycles. The van der Waals surface area contributed by atoms with Crippen LogP contribution in [0.3, 0.4) is 0 Å². The maximum Gasteiger partial charge on any atom is 0.318 e. The van der Waals surface area contributed by atoms with E-state index in [0.29, 0.717) is 19.5 Å². The van der Waals surface area contributed by atoms with Crippen molar-refractivity contribution in [2.24, 2.45) is 5.41 Å². The van der Waals surface area contributed by atoms with Gasteiger partial charge in [-0.25, -0.2) is 4.79 Å². The molecule has 1 fully saturated rings. The summed E-state index contributed by atoms with van der Waals surface area (Å²) in [5.41, 5.74) is -0.373. The van der Waals surface area contributed by atoms with E-state index < -0.39 is 12.0 Å². The third-order valence-electron chi connectivity index (χ3n) is 3.27.